The Morgan fingerprint density at radius 2 is 1.93 bits per heavy atom. The second kappa shape index (κ2) is 9.62. The lowest BCUT2D eigenvalue weighted by Crippen LogP contribution is -2.34. The van der Waals surface area contributed by atoms with Crippen LogP contribution in [-0.2, 0) is 9.59 Å². The van der Waals surface area contributed by atoms with E-state index < -0.39 is 11.8 Å². The zero-order valence-electron chi connectivity index (χ0n) is 14.5. The standard InChI is InChI=1S/C19H19N3O5/c1-27-17-5-3-2-4-13(17)7-9-18(25)20-12-19(26)22-21-11-14-6-8-15(23)10-16(14)24/h2-11,23-24H,12H2,1H3,(H,20,25)(H,22,26)/b9-7-,21-11+. The van der Waals surface area contributed by atoms with Gasteiger partial charge in [0.25, 0.3) is 5.91 Å². The number of methoxy groups -OCH3 is 1. The highest BCUT2D eigenvalue weighted by molar-refractivity contribution is 5.94. The number of phenols is 2. The van der Waals surface area contributed by atoms with Gasteiger partial charge in [-0.25, -0.2) is 5.43 Å². The summed E-state index contributed by atoms with van der Waals surface area (Å²) in [4.78, 5) is 23.4. The van der Waals surface area contributed by atoms with Gasteiger partial charge in [0.05, 0.1) is 19.9 Å². The normalized spacial score (nSPS) is 10.9. The first-order valence-electron chi connectivity index (χ1n) is 7.92. The number of phenolic OH excluding ortho intramolecular Hbond substituents is 2. The van der Waals surface area contributed by atoms with Crippen molar-refractivity contribution in [3.8, 4) is 17.2 Å². The van der Waals surface area contributed by atoms with Gasteiger partial charge in [-0.15, -0.1) is 0 Å². The third-order valence-corrected chi connectivity index (χ3v) is 3.38. The summed E-state index contributed by atoms with van der Waals surface area (Å²) < 4.78 is 5.18. The van der Waals surface area contributed by atoms with E-state index in [0.717, 1.165) is 11.6 Å². The molecule has 140 valence electrons. The van der Waals surface area contributed by atoms with Gasteiger partial charge in [-0.05, 0) is 24.3 Å². The van der Waals surface area contributed by atoms with Crippen LogP contribution in [0.4, 0.5) is 0 Å². The molecule has 0 spiro atoms. The van der Waals surface area contributed by atoms with Crippen LogP contribution in [0.3, 0.4) is 0 Å². The van der Waals surface area contributed by atoms with Crippen molar-refractivity contribution in [2.24, 2.45) is 5.10 Å². The lowest BCUT2D eigenvalue weighted by molar-refractivity contribution is -0.123. The molecule has 0 saturated carbocycles. The van der Waals surface area contributed by atoms with Crippen molar-refractivity contribution in [2.45, 2.75) is 0 Å². The van der Waals surface area contributed by atoms with Gasteiger partial charge in [0.15, 0.2) is 0 Å². The number of aromatic hydroxyl groups is 2. The molecule has 8 nitrogen and oxygen atoms in total. The van der Waals surface area contributed by atoms with Crippen LogP contribution in [0.5, 0.6) is 17.2 Å². The summed E-state index contributed by atoms with van der Waals surface area (Å²) in [6, 6.07) is 11.2. The molecule has 0 aliphatic carbocycles. The molecule has 0 heterocycles. The second-order valence-electron chi connectivity index (χ2n) is 5.33. The van der Waals surface area contributed by atoms with E-state index in [1.165, 1.54) is 31.5 Å². The molecule has 2 amide bonds. The lowest BCUT2D eigenvalue weighted by Gasteiger charge is -2.04. The van der Waals surface area contributed by atoms with Crippen molar-refractivity contribution in [3.63, 3.8) is 0 Å². The van der Waals surface area contributed by atoms with Crippen LogP contribution in [-0.4, -0.2) is 41.9 Å². The molecular formula is C19H19N3O5. The Balaban J connectivity index is 1.80. The highest BCUT2D eigenvalue weighted by Crippen LogP contribution is 2.20. The first-order valence-corrected chi connectivity index (χ1v) is 7.92. The zero-order valence-corrected chi connectivity index (χ0v) is 14.5. The Labute approximate surface area is 155 Å². The van der Waals surface area contributed by atoms with Gasteiger partial charge < -0.3 is 20.3 Å². The molecule has 4 N–H and O–H groups in total. The maximum Gasteiger partial charge on any atom is 0.259 e. The molecular weight excluding hydrogens is 350 g/mol. The van der Waals surface area contributed by atoms with Crippen LogP contribution in [0.2, 0.25) is 0 Å². The molecule has 2 aromatic carbocycles. The lowest BCUT2D eigenvalue weighted by atomic mass is 10.2. The van der Waals surface area contributed by atoms with Crippen LogP contribution in [0, 0.1) is 0 Å². The number of carbonyl (C=O) groups is 2. The Morgan fingerprint density at radius 3 is 2.67 bits per heavy atom. The highest BCUT2D eigenvalue weighted by Gasteiger charge is 2.04. The maximum atomic E-state index is 11.8. The average Bonchev–Trinajstić information content (AvgIpc) is 2.66. The molecule has 0 unspecified atom stereocenters. The molecule has 0 radical (unpaired) electrons. The first kappa shape index (κ1) is 19.5. The summed E-state index contributed by atoms with van der Waals surface area (Å²) in [6.45, 7) is -0.270. The quantitative estimate of drug-likeness (QED) is 0.334. The predicted octanol–water partition coefficient (Wildman–Crippen LogP) is 1.39. The van der Waals surface area contributed by atoms with Crippen LogP contribution >= 0.6 is 0 Å². The molecule has 2 rings (SSSR count). The van der Waals surface area contributed by atoms with Crippen molar-refractivity contribution in [1.82, 2.24) is 10.7 Å². The number of amides is 2. The number of rotatable bonds is 7. The van der Waals surface area contributed by atoms with Gasteiger partial charge in [-0.1, -0.05) is 18.2 Å². The van der Waals surface area contributed by atoms with Crippen molar-refractivity contribution < 1.29 is 24.5 Å². The number of nitrogens with zero attached hydrogens (tertiary/aromatic N) is 1. The van der Waals surface area contributed by atoms with Crippen molar-refractivity contribution in [3.05, 3.63) is 59.7 Å². The minimum absolute atomic E-state index is 0.0856. The summed E-state index contributed by atoms with van der Waals surface area (Å²) in [5, 5.41) is 24.9. The van der Waals surface area contributed by atoms with Gasteiger partial charge >= 0.3 is 0 Å². The van der Waals surface area contributed by atoms with Crippen LogP contribution in [0.1, 0.15) is 11.1 Å². The minimum atomic E-state index is -0.538. The fourth-order valence-electron chi connectivity index (χ4n) is 2.05. The summed E-state index contributed by atoms with van der Waals surface area (Å²) in [5.74, 6) is -0.619. The third-order valence-electron chi connectivity index (χ3n) is 3.38. The molecule has 8 heteroatoms. The van der Waals surface area contributed by atoms with E-state index in [2.05, 4.69) is 15.8 Å². The molecule has 0 aliphatic heterocycles. The number of nitrogens with one attached hydrogen (secondary N) is 2. The van der Waals surface area contributed by atoms with Gasteiger partial charge in [0.1, 0.15) is 17.2 Å². The second-order valence-corrected chi connectivity index (χ2v) is 5.33. The summed E-state index contributed by atoms with van der Waals surface area (Å²) in [6.07, 6.45) is 4.09. The monoisotopic (exact) mass is 369 g/mol. The van der Waals surface area contributed by atoms with Crippen LogP contribution in [0.15, 0.2) is 53.6 Å². The van der Waals surface area contributed by atoms with E-state index in [1.54, 1.807) is 18.2 Å². The van der Waals surface area contributed by atoms with Crippen molar-refractivity contribution in [1.29, 1.82) is 0 Å². The van der Waals surface area contributed by atoms with Gasteiger partial charge in [0, 0.05) is 23.3 Å². The number of ether oxygens (including phenoxy) is 1. The number of hydrogen-bond donors (Lipinski definition) is 4. The van der Waals surface area contributed by atoms with Gasteiger partial charge in [-0.3, -0.25) is 9.59 Å². The molecule has 27 heavy (non-hydrogen) atoms. The Morgan fingerprint density at radius 1 is 1.15 bits per heavy atom. The third kappa shape index (κ3) is 6.20. The van der Waals surface area contributed by atoms with Gasteiger partial charge in [-0.2, -0.15) is 5.10 Å². The molecule has 0 aliphatic rings. The average molecular weight is 369 g/mol. The topological polar surface area (TPSA) is 120 Å². The number of carbonyl (C=O) groups excluding carboxylic acids is 2. The van der Waals surface area contributed by atoms with E-state index in [-0.39, 0.29) is 18.0 Å². The highest BCUT2D eigenvalue weighted by atomic mass is 16.5. The van der Waals surface area contributed by atoms with Gasteiger partial charge in [0.2, 0.25) is 5.91 Å². The SMILES string of the molecule is COc1ccccc1/C=C\C(=O)NCC(=O)N/N=C/c1ccc(O)cc1O. The summed E-state index contributed by atoms with van der Waals surface area (Å²) >= 11 is 0. The molecule has 0 fully saturated rings. The molecule has 0 aromatic heterocycles. The van der Waals surface area contributed by atoms with E-state index in [4.69, 9.17) is 4.74 Å². The summed E-state index contributed by atoms with van der Waals surface area (Å²) in [5.41, 5.74) is 3.27. The summed E-state index contributed by atoms with van der Waals surface area (Å²) in [7, 11) is 1.54. The maximum absolute atomic E-state index is 11.8. The largest absolute Gasteiger partial charge is 0.508 e. The van der Waals surface area contributed by atoms with E-state index in [1.807, 2.05) is 12.1 Å². The predicted molar refractivity (Wildman–Crippen MR) is 101 cm³/mol. The number of benzene rings is 2. The Hall–Kier alpha value is -3.81. The Bertz CT molecular complexity index is 877. The Kier molecular flexibility index (Phi) is 6.95. The number of hydrogen-bond acceptors (Lipinski definition) is 6. The molecule has 0 bridgehead atoms. The zero-order chi connectivity index (χ0) is 19.6. The first-order chi connectivity index (χ1) is 13.0. The number of para-hydroxylation sites is 1. The van der Waals surface area contributed by atoms with E-state index in [0.29, 0.717) is 11.3 Å². The fourth-order valence-corrected chi connectivity index (χ4v) is 2.05. The minimum Gasteiger partial charge on any atom is -0.508 e. The fraction of sp³-hybridized carbons (Fsp3) is 0.105. The molecule has 0 atom stereocenters. The van der Waals surface area contributed by atoms with Crippen LogP contribution < -0.4 is 15.5 Å². The van der Waals surface area contributed by atoms with Crippen molar-refractivity contribution >= 4 is 24.1 Å². The van der Waals surface area contributed by atoms with Crippen molar-refractivity contribution in [2.75, 3.05) is 13.7 Å². The number of hydrazone groups is 1. The van der Waals surface area contributed by atoms with Crippen LogP contribution in [0.25, 0.3) is 6.08 Å². The molecule has 2 aromatic rings. The van der Waals surface area contributed by atoms with E-state index >= 15 is 0 Å². The van der Waals surface area contributed by atoms with E-state index in [9.17, 15) is 19.8 Å². The molecule has 0 saturated heterocycles. The smallest absolute Gasteiger partial charge is 0.259 e.